The molecule has 1 fully saturated rings. The van der Waals surface area contributed by atoms with Gasteiger partial charge in [0.2, 0.25) is 5.91 Å². The molecule has 0 radical (unpaired) electrons. The number of aromatic nitrogens is 2. The molecule has 1 atom stereocenters. The summed E-state index contributed by atoms with van der Waals surface area (Å²) in [7, 11) is 0. The lowest BCUT2D eigenvalue weighted by molar-refractivity contribution is -0.130. The molecule has 1 saturated heterocycles. The minimum Gasteiger partial charge on any atom is -0.339 e. The Morgan fingerprint density at radius 1 is 1.37 bits per heavy atom. The number of carbonyl (C=O) groups excluding carboxylic acids is 1. The number of aryl methyl sites for hydroxylation is 1. The van der Waals surface area contributed by atoms with Crippen molar-refractivity contribution in [3.8, 4) is 0 Å². The maximum absolute atomic E-state index is 15.5. The van der Waals surface area contributed by atoms with Crippen LogP contribution in [0.2, 0.25) is 0 Å². The van der Waals surface area contributed by atoms with E-state index < -0.39 is 11.5 Å². The van der Waals surface area contributed by atoms with Crippen molar-refractivity contribution in [3.05, 3.63) is 64.1 Å². The quantitative estimate of drug-likeness (QED) is 0.846. The van der Waals surface area contributed by atoms with E-state index in [2.05, 4.69) is 10.2 Å². The Morgan fingerprint density at radius 3 is 2.81 bits per heavy atom. The second kappa shape index (κ2) is 7.11. The smallest absolute Gasteiger partial charge is 0.250 e. The van der Waals surface area contributed by atoms with Crippen molar-refractivity contribution in [1.82, 2.24) is 15.1 Å². The summed E-state index contributed by atoms with van der Waals surface area (Å²) in [6, 6.07) is 4.63. The average Bonchev–Trinajstić information content (AvgIpc) is 3.33. The fourth-order valence-corrected chi connectivity index (χ4v) is 5.04. The van der Waals surface area contributed by atoms with Crippen LogP contribution in [0.1, 0.15) is 41.2 Å². The van der Waals surface area contributed by atoms with Gasteiger partial charge in [-0.05, 0) is 30.4 Å². The number of amides is 1. The molecule has 0 spiro atoms. The van der Waals surface area contributed by atoms with Gasteiger partial charge in [0.25, 0.3) is 0 Å². The van der Waals surface area contributed by atoms with Crippen molar-refractivity contribution in [2.45, 2.75) is 37.1 Å². The van der Waals surface area contributed by atoms with Gasteiger partial charge in [-0.15, -0.1) is 11.8 Å². The fraction of sp³-hybridized carbons (Fsp3) is 0.400. The van der Waals surface area contributed by atoms with Gasteiger partial charge in [0.15, 0.2) is 0 Å². The number of hydrogen-bond acceptors (Lipinski definition) is 3. The highest BCUT2D eigenvalue weighted by Gasteiger charge is 2.41. The molecule has 0 aliphatic carbocycles. The largest absolute Gasteiger partial charge is 0.339 e. The van der Waals surface area contributed by atoms with E-state index in [1.165, 1.54) is 6.07 Å². The Bertz CT molecular complexity index is 853. The van der Waals surface area contributed by atoms with Gasteiger partial charge in [0, 0.05) is 54.1 Å². The van der Waals surface area contributed by atoms with Crippen molar-refractivity contribution < 1.29 is 13.6 Å². The first-order chi connectivity index (χ1) is 13.0. The number of aromatic amines is 1. The minimum absolute atomic E-state index is 0.0409. The lowest BCUT2D eigenvalue weighted by Crippen LogP contribution is -2.44. The molecule has 1 aromatic carbocycles. The fourth-order valence-electron chi connectivity index (χ4n) is 3.95. The van der Waals surface area contributed by atoms with Crippen LogP contribution in [0.3, 0.4) is 0 Å². The maximum Gasteiger partial charge on any atom is 0.250 e. The number of carbonyl (C=O) groups is 1. The summed E-state index contributed by atoms with van der Waals surface area (Å²) in [5.41, 5.74) is 0.864. The summed E-state index contributed by atoms with van der Waals surface area (Å²) in [4.78, 5) is 14.5. The molecule has 0 saturated carbocycles. The Labute approximate surface area is 161 Å². The first-order valence-electron chi connectivity index (χ1n) is 9.05. The number of rotatable bonds is 3. The van der Waals surface area contributed by atoms with Gasteiger partial charge in [0.05, 0.1) is 6.20 Å². The normalized spacial score (nSPS) is 22.0. The van der Waals surface area contributed by atoms with Crippen LogP contribution in [-0.2, 0) is 10.5 Å². The van der Waals surface area contributed by atoms with Crippen molar-refractivity contribution >= 4 is 17.7 Å². The van der Waals surface area contributed by atoms with Crippen LogP contribution < -0.4 is 0 Å². The lowest BCUT2D eigenvalue weighted by atomic mass is 9.83. The predicted molar refractivity (Wildman–Crippen MR) is 101 cm³/mol. The number of thioether (sulfide) groups is 1. The zero-order chi connectivity index (χ0) is 19.0. The number of nitrogens with zero attached hydrogens (tertiary/aromatic N) is 2. The monoisotopic (exact) mass is 389 g/mol. The number of halogens is 2. The third-order valence-electron chi connectivity index (χ3n) is 5.46. The second-order valence-electron chi connectivity index (χ2n) is 7.19. The van der Waals surface area contributed by atoms with Gasteiger partial charge in [-0.25, -0.2) is 8.78 Å². The predicted octanol–water partition coefficient (Wildman–Crippen LogP) is 4.41. The van der Waals surface area contributed by atoms with Crippen LogP contribution in [0.15, 0.2) is 41.6 Å². The molecule has 1 unspecified atom stereocenters. The summed E-state index contributed by atoms with van der Waals surface area (Å²) in [5, 5.41) is 8.84. The molecule has 2 aliphatic rings. The molecule has 1 aromatic heterocycles. The molecule has 2 aromatic rings. The molecule has 1 N–H and O–H groups in total. The molecule has 3 heterocycles. The Kier molecular flexibility index (Phi) is 4.80. The number of piperidine rings is 1. The van der Waals surface area contributed by atoms with Crippen LogP contribution in [0, 0.1) is 12.7 Å². The van der Waals surface area contributed by atoms with Crippen LogP contribution in [-0.4, -0.2) is 34.1 Å². The highest BCUT2D eigenvalue weighted by molar-refractivity contribution is 8.02. The third-order valence-corrected chi connectivity index (χ3v) is 6.65. The number of hydrogen-bond donors (Lipinski definition) is 1. The Hall–Kier alpha value is -2.15. The number of benzene rings is 1. The molecular formula is C20H21F2N3OS. The van der Waals surface area contributed by atoms with Crippen molar-refractivity contribution in [1.29, 1.82) is 0 Å². The standard InChI is InChI=1S/C20H21F2N3OS/c1-13-3-2-4-16(21)18(13)20(22)5-7-25(8-6-20)19(26)14-9-17(27-12-14)15-10-23-24-11-15/h2-4,10-12,17H,5-9H2,1H3,(H,23,24). The van der Waals surface area contributed by atoms with Crippen molar-refractivity contribution in [2.75, 3.05) is 13.1 Å². The van der Waals surface area contributed by atoms with E-state index in [0.717, 1.165) is 11.1 Å². The van der Waals surface area contributed by atoms with Gasteiger partial charge in [0.1, 0.15) is 11.5 Å². The summed E-state index contributed by atoms with van der Waals surface area (Å²) >= 11 is 1.61. The summed E-state index contributed by atoms with van der Waals surface area (Å²) < 4.78 is 29.7. The van der Waals surface area contributed by atoms with Crippen molar-refractivity contribution in [2.24, 2.45) is 0 Å². The summed E-state index contributed by atoms with van der Waals surface area (Å²) in [6.45, 7) is 2.32. The zero-order valence-corrected chi connectivity index (χ0v) is 15.9. The molecule has 7 heteroatoms. The molecule has 27 heavy (non-hydrogen) atoms. The molecule has 142 valence electrons. The molecule has 1 amide bonds. The van der Waals surface area contributed by atoms with E-state index in [9.17, 15) is 9.18 Å². The van der Waals surface area contributed by atoms with E-state index in [1.54, 1.807) is 41.9 Å². The number of H-pyrrole nitrogens is 1. The van der Waals surface area contributed by atoms with Crippen LogP contribution in [0.5, 0.6) is 0 Å². The molecule has 0 bridgehead atoms. The van der Waals surface area contributed by atoms with E-state index in [4.69, 9.17) is 0 Å². The second-order valence-corrected chi connectivity index (χ2v) is 8.27. The van der Waals surface area contributed by atoms with Gasteiger partial charge in [-0.3, -0.25) is 9.89 Å². The molecule has 2 aliphatic heterocycles. The first-order valence-corrected chi connectivity index (χ1v) is 9.99. The molecule has 4 rings (SSSR count). The minimum atomic E-state index is -1.72. The summed E-state index contributed by atoms with van der Waals surface area (Å²) in [5.74, 6) is -0.545. The van der Waals surface area contributed by atoms with E-state index >= 15 is 4.39 Å². The lowest BCUT2D eigenvalue weighted by Gasteiger charge is -2.37. The highest BCUT2D eigenvalue weighted by atomic mass is 32.2. The van der Waals surface area contributed by atoms with Crippen LogP contribution in [0.25, 0.3) is 0 Å². The van der Waals surface area contributed by atoms with Gasteiger partial charge in [-0.1, -0.05) is 12.1 Å². The van der Waals surface area contributed by atoms with E-state index in [-0.39, 0.29) is 29.6 Å². The van der Waals surface area contributed by atoms with E-state index in [0.29, 0.717) is 25.1 Å². The topological polar surface area (TPSA) is 49.0 Å². The van der Waals surface area contributed by atoms with Crippen LogP contribution in [0.4, 0.5) is 8.78 Å². The van der Waals surface area contributed by atoms with Crippen molar-refractivity contribution in [3.63, 3.8) is 0 Å². The number of likely N-dealkylation sites (tertiary alicyclic amines) is 1. The average molecular weight is 389 g/mol. The highest BCUT2D eigenvalue weighted by Crippen LogP contribution is 2.44. The first kappa shape index (κ1) is 18.2. The van der Waals surface area contributed by atoms with Crippen LogP contribution >= 0.6 is 11.8 Å². The van der Waals surface area contributed by atoms with Gasteiger partial charge in [-0.2, -0.15) is 5.10 Å². The van der Waals surface area contributed by atoms with Gasteiger partial charge >= 0.3 is 0 Å². The van der Waals surface area contributed by atoms with E-state index in [1.807, 2.05) is 11.6 Å². The maximum atomic E-state index is 15.5. The molecular weight excluding hydrogens is 368 g/mol. The summed E-state index contributed by atoms with van der Waals surface area (Å²) in [6.07, 6.45) is 4.49. The SMILES string of the molecule is Cc1cccc(F)c1C1(F)CCN(C(=O)C2=CSC(c3cn[nH]c3)C2)CC1. The molecule has 4 nitrogen and oxygen atoms in total. The Morgan fingerprint density at radius 2 is 2.15 bits per heavy atom. The van der Waals surface area contributed by atoms with Gasteiger partial charge < -0.3 is 4.90 Å². The third kappa shape index (κ3) is 3.40. The Balaban J connectivity index is 1.41. The number of nitrogens with one attached hydrogen (secondary N) is 1. The zero-order valence-electron chi connectivity index (χ0n) is 15.0. The number of alkyl halides is 1.